The molecule has 0 saturated carbocycles. The molecule has 2 aromatic rings. The van der Waals surface area contributed by atoms with E-state index in [2.05, 4.69) is 5.32 Å². The zero-order valence-electron chi connectivity index (χ0n) is 19.5. The molecule has 3 atom stereocenters. The lowest BCUT2D eigenvalue weighted by Gasteiger charge is -2.46. The van der Waals surface area contributed by atoms with E-state index in [-0.39, 0.29) is 37.6 Å². The summed E-state index contributed by atoms with van der Waals surface area (Å²) in [5.41, 5.74) is 2.58. The van der Waals surface area contributed by atoms with Gasteiger partial charge < -0.3 is 20.9 Å². The van der Waals surface area contributed by atoms with Gasteiger partial charge in [0.15, 0.2) is 0 Å². The number of carboxylic acid groups (broad SMARTS) is 1. The highest BCUT2D eigenvalue weighted by Crippen LogP contribution is 2.39. The number of halogens is 6. The van der Waals surface area contributed by atoms with Gasteiger partial charge in [0.25, 0.3) is 0 Å². The summed E-state index contributed by atoms with van der Waals surface area (Å²) in [5.74, 6) is -0.962. The molecule has 1 aliphatic rings. The highest BCUT2D eigenvalue weighted by molar-refractivity contribution is 5.66. The molecular formula is C25H28F6N2O3. The third-order valence-electron chi connectivity index (χ3n) is 6.65. The molecule has 11 heteroatoms. The van der Waals surface area contributed by atoms with Gasteiger partial charge in [-0.25, -0.2) is 0 Å². The first-order chi connectivity index (χ1) is 16.6. The van der Waals surface area contributed by atoms with Gasteiger partial charge >= 0.3 is 18.3 Å². The Morgan fingerprint density at radius 1 is 1.06 bits per heavy atom. The summed E-state index contributed by atoms with van der Waals surface area (Å²) >= 11 is 0. The maximum Gasteiger partial charge on any atom is 0.416 e. The Kier molecular flexibility index (Phi) is 8.07. The van der Waals surface area contributed by atoms with Gasteiger partial charge in [-0.3, -0.25) is 4.79 Å². The van der Waals surface area contributed by atoms with Gasteiger partial charge in [-0.05, 0) is 55.5 Å². The van der Waals surface area contributed by atoms with Crippen LogP contribution in [0.25, 0.3) is 0 Å². The average Bonchev–Trinajstić information content (AvgIpc) is 2.82. The molecule has 0 aromatic heterocycles. The Hall–Kier alpha value is -2.63. The SMILES string of the molecule is C[C@@H](OC[C@@]1(c2ccccc2)CC[C@@](N)(CCC(=O)O)CN1)c1cc(C(F)(F)F)cc(C(F)(F)F)c1. The van der Waals surface area contributed by atoms with Crippen LogP contribution in [0.5, 0.6) is 0 Å². The van der Waals surface area contributed by atoms with E-state index in [1.54, 1.807) is 12.1 Å². The molecule has 0 aliphatic carbocycles. The second-order valence-electron chi connectivity index (χ2n) is 9.35. The van der Waals surface area contributed by atoms with Gasteiger partial charge in [0.1, 0.15) is 0 Å². The average molecular weight is 518 g/mol. The van der Waals surface area contributed by atoms with Gasteiger partial charge in [-0.1, -0.05) is 30.3 Å². The number of carbonyl (C=O) groups is 1. The molecule has 1 saturated heterocycles. The van der Waals surface area contributed by atoms with Gasteiger partial charge in [0.2, 0.25) is 0 Å². The van der Waals surface area contributed by atoms with E-state index in [0.29, 0.717) is 25.0 Å². The maximum absolute atomic E-state index is 13.3. The minimum atomic E-state index is -4.95. The molecule has 0 bridgehead atoms. The molecule has 1 aliphatic heterocycles. The normalized spacial score (nSPS) is 23.9. The summed E-state index contributed by atoms with van der Waals surface area (Å²) < 4.78 is 85.6. The second kappa shape index (κ2) is 10.4. The summed E-state index contributed by atoms with van der Waals surface area (Å²) in [6.45, 7) is 1.61. The molecule has 0 spiro atoms. The van der Waals surface area contributed by atoms with Gasteiger partial charge in [0, 0.05) is 18.5 Å². The number of aliphatic carboxylic acids is 1. The smallest absolute Gasteiger partial charge is 0.416 e. The maximum atomic E-state index is 13.3. The largest absolute Gasteiger partial charge is 0.481 e. The monoisotopic (exact) mass is 518 g/mol. The molecule has 2 aromatic carbocycles. The standard InChI is InChI=1S/C25H28F6N2O3/c1-16(17-11-19(24(26,27)28)13-20(12-17)25(29,30)31)36-15-23(18-5-3-2-4-6-18)10-9-22(32,14-33-23)8-7-21(34)35/h2-6,11-13,16,33H,7-10,14-15,32H2,1H3,(H,34,35)/t16-,22+,23-/m1/s1. The number of alkyl halides is 6. The fraction of sp³-hybridized carbons (Fsp3) is 0.480. The summed E-state index contributed by atoms with van der Waals surface area (Å²) in [6.07, 6.45) is -9.95. The van der Waals surface area contributed by atoms with Crippen molar-refractivity contribution in [3.05, 3.63) is 70.8 Å². The van der Waals surface area contributed by atoms with Gasteiger partial charge in [-0.15, -0.1) is 0 Å². The number of ether oxygens (including phenoxy) is 1. The molecule has 1 fully saturated rings. The number of carboxylic acids is 1. The highest BCUT2D eigenvalue weighted by Gasteiger charge is 2.42. The van der Waals surface area contributed by atoms with E-state index in [1.165, 1.54) is 6.92 Å². The van der Waals surface area contributed by atoms with E-state index in [1.807, 2.05) is 18.2 Å². The minimum absolute atomic E-state index is 0.0508. The third-order valence-corrected chi connectivity index (χ3v) is 6.65. The molecule has 0 radical (unpaired) electrons. The van der Waals surface area contributed by atoms with E-state index < -0.39 is 46.6 Å². The number of hydrogen-bond acceptors (Lipinski definition) is 4. The van der Waals surface area contributed by atoms with E-state index >= 15 is 0 Å². The van der Waals surface area contributed by atoms with Crippen LogP contribution in [0.15, 0.2) is 48.5 Å². The predicted molar refractivity (Wildman–Crippen MR) is 120 cm³/mol. The molecule has 5 nitrogen and oxygen atoms in total. The molecule has 0 unspecified atom stereocenters. The topological polar surface area (TPSA) is 84.6 Å². The van der Waals surface area contributed by atoms with E-state index in [4.69, 9.17) is 15.6 Å². The van der Waals surface area contributed by atoms with Crippen molar-refractivity contribution in [2.24, 2.45) is 5.73 Å². The van der Waals surface area contributed by atoms with Crippen molar-refractivity contribution in [3.63, 3.8) is 0 Å². The first kappa shape index (κ1) is 27.9. The minimum Gasteiger partial charge on any atom is -0.481 e. The lowest BCUT2D eigenvalue weighted by molar-refractivity contribution is -0.143. The molecule has 0 amide bonds. The summed E-state index contributed by atoms with van der Waals surface area (Å²) in [6, 6.07) is 10.5. The lowest BCUT2D eigenvalue weighted by atomic mass is 9.75. The Morgan fingerprint density at radius 2 is 1.64 bits per heavy atom. The zero-order chi connectivity index (χ0) is 26.8. The van der Waals surface area contributed by atoms with Crippen molar-refractivity contribution < 1.29 is 41.0 Å². The van der Waals surface area contributed by atoms with Crippen LogP contribution >= 0.6 is 0 Å². The Balaban J connectivity index is 1.84. The number of hydrogen-bond donors (Lipinski definition) is 3. The fourth-order valence-corrected chi connectivity index (χ4v) is 4.34. The van der Waals surface area contributed by atoms with Crippen LogP contribution in [0.3, 0.4) is 0 Å². The zero-order valence-corrected chi connectivity index (χ0v) is 19.5. The highest BCUT2D eigenvalue weighted by atomic mass is 19.4. The van der Waals surface area contributed by atoms with Crippen LogP contribution in [-0.4, -0.2) is 29.8 Å². The fourth-order valence-electron chi connectivity index (χ4n) is 4.34. The Bertz CT molecular complexity index is 1020. The van der Waals surface area contributed by atoms with Crippen LogP contribution in [0.4, 0.5) is 26.3 Å². The number of piperidine rings is 1. The predicted octanol–water partition coefficient (Wildman–Crippen LogP) is 5.64. The first-order valence-corrected chi connectivity index (χ1v) is 11.4. The summed E-state index contributed by atoms with van der Waals surface area (Å²) in [4.78, 5) is 11.0. The summed E-state index contributed by atoms with van der Waals surface area (Å²) in [5, 5.41) is 12.3. The second-order valence-corrected chi connectivity index (χ2v) is 9.35. The first-order valence-electron chi connectivity index (χ1n) is 11.4. The number of nitrogens with two attached hydrogens (primary N) is 1. The summed E-state index contributed by atoms with van der Waals surface area (Å²) in [7, 11) is 0. The van der Waals surface area contributed by atoms with Crippen LogP contribution in [-0.2, 0) is 27.4 Å². The quantitative estimate of drug-likeness (QED) is 0.394. The van der Waals surface area contributed by atoms with E-state index in [9.17, 15) is 31.1 Å². The van der Waals surface area contributed by atoms with E-state index in [0.717, 1.165) is 5.56 Å². The molecule has 4 N–H and O–H groups in total. The Labute approximate surface area is 204 Å². The van der Waals surface area contributed by atoms with Crippen molar-refractivity contribution in [3.8, 4) is 0 Å². The molecule has 3 rings (SSSR count). The van der Waals surface area contributed by atoms with Crippen LogP contribution in [0, 0.1) is 0 Å². The number of rotatable bonds is 8. The van der Waals surface area contributed by atoms with Crippen LogP contribution in [0.1, 0.15) is 61.0 Å². The van der Waals surface area contributed by atoms with Crippen molar-refractivity contribution in [2.75, 3.05) is 13.2 Å². The molecule has 36 heavy (non-hydrogen) atoms. The molecular weight excluding hydrogens is 490 g/mol. The van der Waals surface area contributed by atoms with Crippen molar-refractivity contribution >= 4 is 5.97 Å². The van der Waals surface area contributed by atoms with Crippen molar-refractivity contribution in [2.45, 2.75) is 62.1 Å². The van der Waals surface area contributed by atoms with Crippen LogP contribution in [0.2, 0.25) is 0 Å². The van der Waals surface area contributed by atoms with Crippen molar-refractivity contribution in [1.82, 2.24) is 5.32 Å². The van der Waals surface area contributed by atoms with Gasteiger partial charge in [0.05, 0.1) is 29.4 Å². The van der Waals surface area contributed by atoms with Crippen molar-refractivity contribution in [1.29, 1.82) is 0 Å². The number of benzene rings is 2. The number of nitrogens with one attached hydrogen (secondary N) is 1. The molecule has 198 valence electrons. The van der Waals surface area contributed by atoms with Crippen LogP contribution < -0.4 is 11.1 Å². The lowest BCUT2D eigenvalue weighted by Crippen LogP contribution is -2.61. The molecule has 1 heterocycles. The Morgan fingerprint density at radius 3 is 2.11 bits per heavy atom. The third kappa shape index (κ3) is 6.77. The van der Waals surface area contributed by atoms with Gasteiger partial charge in [-0.2, -0.15) is 26.3 Å².